The minimum absolute atomic E-state index is 0.105. The monoisotopic (exact) mass is 385 g/mol. The summed E-state index contributed by atoms with van der Waals surface area (Å²) >= 11 is 1.58. The van der Waals surface area contributed by atoms with Gasteiger partial charge in [-0.3, -0.25) is 9.20 Å². The largest absolute Gasteiger partial charge is 0.490 e. The Bertz CT molecular complexity index is 883. The minimum Gasteiger partial charge on any atom is -0.490 e. The molecule has 0 radical (unpaired) electrons. The number of carbonyl (C=O) groups is 1. The number of imidazole rings is 1. The number of piperidine rings is 1. The van der Waals surface area contributed by atoms with Crippen molar-refractivity contribution in [2.24, 2.45) is 0 Å². The molecular weight excluding hydrogens is 362 g/mol. The zero-order chi connectivity index (χ0) is 18.6. The highest BCUT2D eigenvalue weighted by Gasteiger charge is 2.25. The fraction of sp³-hybridized carbons (Fsp3) is 0.400. The van der Waals surface area contributed by atoms with Crippen molar-refractivity contribution in [1.29, 1.82) is 0 Å². The van der Waals surface area contributed by atoms with Crippen molar-refractivity contribution in [2.45, 2.75) is 32.3 Å². The number of ether oxygens (including phenoxy) is 2. The van der Waals surface area contributed by atoms with Gasteiger partial charge in [0.2, 0.25) is 5.91 Å². The lowest BCUT2D eigenvalue weighted by Gasteiger charge is -2.32. The molecule has 0 atom stereocenters. The average molecular weight is 385 g/mol. The summed E-state index contributed by atoms with van der Waals surface area (Å²) in [5.41, 5.74) is 0.830. The SMILES string of the molecule is CCOc1ccccc1OC1CCN(C(=O)Cc2cn3ccsc3n2)CC1. The molecule has 0 saturated carbocycles. The standard InChI is InChI=1S/C20H23N3O3S/c1-2-25-17-5-3-4-6-18(17)26-16-7-9-22(10-8-16)19(24)13-15-14-23-11-12-27-20(23)21-15/h3-6,11-12,14,16H,2,7-10,13H2,1H3. The normalized spacial score (nSPS) is 15.2. The van der Waals surface area contributed by atoms with E-state index in [9.17, 15) is 4.79 Å². The zero-order valence-corrected chi connectivity index (χ0v) is 16.2. The third-order valence-corrected chi connectivity index (χ3v) is 5.48. The van der Waals surface area contributed by atoms with Crippen molar-refractivity contribution < 1.29 is 14.3 Å². The van der Waals surface area contributed by atoms with Gasteiger partial charge in [0, 0.05) is 43.7 Å². The van der Waals surface area contributed by atoms with Crippen LogP contribution < -0.4 is 9.47 Å². The third kappa shape index (κ3) is 4.08. The van der Waals surface area contributed by atoms with Crippen LogP contribution >= 0.6 is 11.3 Å². The molecule has 3 heterocycles. The highest BCUT2D eigenvalue weighted by atomic mass is 32.1. The number of amides is 1. The van der Waals surface area contributed by atoms with Crippen LogP contribution in [0.15, 0.2) is 42.0 Å². The van der Waals surface area contributed by atoms with E-state index in [4.69, 9.17) is 9.47 Å². The Morgan fingerprint density at radius 3 is 2.78 bits per heavy atom. The first-order valence-corrected chi connectivity index (χ1v) is 10.2. The highest BCUT2D eigenvalue weighted by Crippen LogP contribution is 2.29. The Morgan fingerprint density at radius 1 is 1.26 bits per heavy atom. The van der Waals surface area contributed by atoms with Crippen molar-refractivity contribution >= 4 is 22.2 Å². The molecule has 1 amide bonds. The van der Waals surface area contributed by atoms with E-state index in [1.165, 1.54) is 0 Å². The highest BCUT2D eigenvalue weighted by molar-refractivity contribution is 7.15. The number of carbonyl (C=O) groups excluding carboxylic acids is 1. The van der Waals surface area contributed by atoms with E-state index >= 15 is 0 Å². The van der Waals surface area contributed by atoms with Crippen molar-refractivity contribution in [1.82, 2.24) is 14.3 Å². The Morgan fingerprint density at radius 2 is 2.04 bits per heavy atom. The molecule has 7 heteroatoms. The van der Waals surface area contributed by atoms with E-state index in [2.05, 4.69) is 4.98 Å². The second-order valence-electron chi connectivity index (χ2n) is 6.58. The fourth-order valence-electron chi connectivity index (χ4n) is 3.35. The molecule has 1 aliphatic heterocycles. The van der Waals surface area contributed by atoms with E-state index in [-0.39, 0.29) is 12.0 Å². The van der Waals surface area contributed by atoms with Crippen molar-refractivity contribution in [3.05, 3.63) is 47.7 Å². The molecule has 27 heavy (non-hydrogen) atoms. The average Bonchev–Trinajstić information content (AvgIpc) is 3.26. The van der Waals surface area contributed by atoms with Gasteiger partial charge in [0.05, 0.1) is 18.7 Å². The van der Waals surface area contributed by atoms with Gasteiger partial charge in [-0.25, -0.2) is 4.98 Å². The molecule has 0 bridgehead atoms. The Balaban J connectivity index is 1.30. The van der Waals surface area contributed by atoms with E-state index in [0.29, 0.717) is 26.1 Å². The summed E-state index contributed by atoms with van der Waals surface area (Å²) in [5.74, 6) is 1.69. The maximum absolute atomic E-state index is 12.6. The lowest BCUT2D eigenvalue weighted by Crippen LogP contribution is -2.42. The van der Waals surface area contributed by atoms with Gasteiger partial charge in [-0.05, 0) is 19.1 Å². The summed E-state index contributed by atoms with van der Waals surface area (Å²) in [6.45, 7) is 3.99. The van der Waals surface area contributed by atoms with Gasteiger partial charge in [-0.15, -0.1) is 11.3 Å². The smallest absolute Gasteiger partial charge is 0.228 e. The summed E-state index contributed by atoms with van der Waals surface area (Å²) < 4.78 is 13.7. The van der Waals surface area contributed by atoms with Crippen LogP contribution in [-0.2, 0) is 11.2 Å². The number of aromatic nitrogens is 2. The van der Waals surface area contributed by atoms with Gasteiger partial charge >= 0.3 is 0 Å². The van der Waals surface area contributed by atoms with Crippen LogP contribution in [0.2, 0.25) is 0 Å². The molecule has 2 aromatic heterocycles. The van der Waals surface area contributed by atoms with Crippen molar-refractivity contribution in [2.75, 3.05) is 19.7 Å². The number of likely N-dealkylation sites (tertiary alicyclic amines) is 1. The third-order valence-electron chi connectivity index (χ3n) is 4.71. The molecular formula is C20H23N3O3S. The number of rotatable bonds is 6. The summed E-state index contributed by atoms with van der Waals surface area (Å²) in [4.78, 5) is 19.9. The van der Waals surface area contributed by atoms with E-state index in [1.54, 1.807) is 11.3 Å². The number of thiazole rings is 1. The van der Waals surface area contributed by atoms with E-state index in [0.717, 1.165) is 35.0 Å². The predicted octanol–water partition coefficient (Wildman–Crippen LogP) is 3.41. The van der Waals surface area contributed by atoms with Gasteiger partial charge in [-0.2, -0.15) is 0 Å². The second kappa shape index (κ2) is 8.00. The van der Waals surface area contributed by atoms with Gasteiger partial charge < -0.3 is 14.4 Å². The number of fused-ring (bicyclic) bond motifs is 1. The van der Waals surface area contributed by atoms with E-state index in [1.807, 2.05) is 58.3 Å². The molecule has 6 nitrogen and oxygen atoms in total. The first kappa shape index (κ1) is 17.9. The van der Waals surface area contributed by atoms with Crippen molar-refractivity contribution in [3.63, 3.8) is 0 Å². The first-order valence-electron chi connectivity index (χ1n) is 9.30. The maximum atomic E-state index is 12.6. The van der Waals surface area contributed by atoms with Crippen LogP contribution in [0.25, 0.3) is 4.96 Å². The molecule has 0 unspecified atom stereocenters. The van der Waals surface area contributed by atoms with Crippen LogP contribution in [0.3, 0.4) is 0 Å². The molecule has 142 valence electrons. The maximum Gasteiger partial charge on any atom is 0.228 e. The lowest BCUT2D eigenvalue weighted by atomic mass is 10.1. The molecule has 1 saturated heterocycles. The van der Waals surface area contributed by atoms with Gasteiger partial charge in [0.1, 0.15) is 6.10 Å². The predicted molar refractivity (Wildman–Crippen MR) is 105 cm³/mol. The lowest BCUT2D eigenvalue weighted by molar-refractivity contribution is -0.132. The summed E-state index contributed by atoms with van der Waals surface area (Å²) in [6, 6.07) is 7.76. The minimum atomic E-state index is 0.105. The topological polar surface area (TPSA) is 56.1 Å². The Kier molecular flexibility index (Phi) is 5.29. The van der Waals surface area contributed by atoms with Crippen LogP contribution in [0, 0.1) is 0 Å². The molecule has 1 fully saturated rings. The van der Waals surface area contributed by atoms with Crippen LogP contribution in [-0.4, -0.2) is 46.0 Å². The molecule has 0 spiro atoms. The first-order chi connectivity index (χ1) is 13.2. The van der Waals surface area contributed by atoms with Crippen molar-refractivity contribution in [3.8, 4) is 11.5 Å². The van der Waals surface area contributed by atoms with E-state index < -0.39 is 0 Å². The van der Waals surface area contributed by atoms with Gasteiger partial charge in [0.25, 0.3) is 0 Å². The van der Waals surface area contributed by atoms with Crippen LogP contribution in [0.5, 0.6) is 11.5 Å². The van der Waals surface area contributed by atoms with Crippen LogP contribution in [0.4, 0.5) is 0 Å². The van der Waals surface area contributed by atoms with Gasteiger partial charge in [-0.1, -0.05) is 12.1 Å². The molecule has 0 aliphatic carbocycles. The Labute approximate surface area is 162 Å². The fourth-order valence-corrected chi connectivity index (χ4v) is 4.07. The Hall–Kier alpha value is -2.54. The second-order valence-corrected chi connectivity index (χ2v) is 7.45. The quantitative estimate of drug-likeness (QED) is 0.653. The molecule has 0 N–H and O–H groups in total. The number of hydrogen-bond donors (Lipinski definition) is 0. The number of para-hydroxylation sites is 2. The molecule has 4 rings (SSSR count). The van der Waals surface area contributed by atoms with Crippen LogP contribution in [0.1, 0.15) is 25.5 Å². The van der Waals surface area contributed by atoms with Gasteiger partial charge in [0.15, 0.2) is 16.5 Å². The zero-order valence-electron chi connectivity index (χ0n) is 15.3. The summed E-state index contributed by atoms with van der Waals surface area (Å²) in [7, 11) is 0. The molecule has 1 aromatic carbocycles. The number of nitrogens with zero attached hydrogens (tertiary/aromatic N) is 3. The number of hydrogen-bond acceptors (Lipinski definition) is 5. The number of benzene rings is 1. The molecule has 1 aliphatic rings. The molecule has 3 aromatic rings. The summed E-state index contributed by atoms with van der Waals surface area (Å²) in [6.07, 6.45) is 6.00. The summed E-state index contributed by atoms with van der Waals surface area (Å²) in [5, 5.41) is 1.99.